The van der Waals surface area contributed by atoms with Gasteiger partial charge in [-0.2, -0.15) is 0 Å². The first kappa shape index (κ1) is 20.9. The molecule has 0 aliphatic carbocycles. The molecule has 1 fully saturated rings. The Hall–Kier alpha value is -3.32. The number of nitrogens with one attached hydrogen (secondary N) is 1. The average molecular weight is 439 g/mol. The fourth-order valence-corrected chi connectivity index (χ4v) is 3.84. The molecule has 2 heterocycles. The Labute approximate surface area is 186 Å². The quantitative estimate of drug-likeness (QED) is 0.596. The molecule has 1 amide bonds. The summed E-state index contributed by atoms with van der Waals surface area (Å²) in [6.07, 6.45) is 4.89. The van der Waals surface area contributed by atoms with Crippen molar-refractivity contribution in [3.63, 3.8) is 0 Å². The Morgan fingerprint density at radius 3 is 2.74 bits per heavy atom. The van der Waals surface area contributed by atoms with Crippen molar-refractivity contribution in [3.05, 3.63) is 65.9 Å². The van der Waals surface area contributed by atoms with Crippen LogP contribution in [-0.4, -0.2) is 36.1 Å². The van der Waals surface area contributed by atoms with Crippen molar-refractivity contribution in [3.8, 4) is 17.4 Å². The van der Waals surface area contributed by atoms with Crippen LogP contribution in [0.2, 0.25) is 5.02 Å². The van der Waals surface area contributed by atoms with Crippen molar-refractivity contribution >= 4 is 29.0 Å². The monoisotopic (exact) mass is 438 g/mol. The molecule has 31 heavy (non-hydrogen) atoms. The minimum atomic E-state index is -0.193. The summed E-state index contributed by atoms with van der Waals surface area (Å²) in [6.45, 7) is 1.31. The lowest BCUT2D eigenvalue weighted by molar-refractivity contribution is -0.120. The van der Waals surface area contributed by atoms with Crippen molar-refractivity contribution in [1.82, 2.24) is 9.97 Å². The lowest BCUT2D eigenvalue weighted by Gasteiger charge is -2.33. The highest BCUT2D eigenvalue weighted by Crippen LogP contribution is 2.32. The molecule has 1 aliphatic heterocycles. The lowest BCUT2D eigenvalue weighted by Crippen LogP contribution is -2.41. The number of halogens is 1. The van der Waals surface area contributed by atoms with Crippen molar-refractivity contribution in [2.75, 3.05) is 30.4 Å². The Balaban J connectivity index is 1.46. The zero-order valence-corrected chi connectivity index (χ0v) is 17.9. The molecule has 1 saturated heterocycles. The molecule has 0 saturated carbocycles. The normalized spacial score (nSPS) is 15.9. The summed E-state index contributed by atoms with van der Waals surface area (Å²) in [5.41, 5.74) is 0.639. The number of aromatic nitrogens is 2. The number of hydrogen-bond donors (Lipinski definition) is 1. The van der Waals surface area contributed by atoms with Crippen LogP contribution in [0, 0.1) is 5.92 Å². The molecule has 3 aromatic rings. The van der Waals surface area contributed by atoms with Crippen LogP contribution in [-0.2, 0) is 4.79 Å². The van der Waals surface area contributed by atoms with Gasteiger partial charge in [-0.1, -0.05) is 29.8 Å². The van der Waals surface area contributed by atoms with E-state index >= 15 is 0 Å². The van der Waals surface area contributed by atoms with Crippen molar-refractivity contribution in [2.24, 2.45) is 5.92 Å². The number of methoxy groups -OCH3 is 1. The third-order valence-corrected chi connectivity index (χ3v) is 5.41. The fraction of sp³-hybridized carbons (Fsp3) is 0.261. The number of ether oxygens (including phenoxy) is 2. The molecule has 1 N–H and O–H groups in total. The zero-order chi connectivity index (χ0) is 21.6. The Morgan fingerprint density at radius 2 is 1.97 bits per heavy atom. The number of anilines is 2. The first-order chi connectivity index (χ1) is 15.1. The van der Waals surface area contributed by atoms with E-state index in [1.807, 2.05) is 30.3 Å². The molecule has 1 aromatic heterocycles. The van der Waals surface area contributed by atoms with Crippen molar-refractivity contribution < 1.29 is 14.3 Å². The molecule has 160 valence electrons. The van der Waals surface area contributed by atoms with Crippen LogP contribution < -0.4 is 19.7 Å². The molecule has 2 aromatic carbocycles. The Bertz CT molecular complexity index is 1050. The summed E-state index contributed by atoms with van der Waals surface area (Å²) < 4.78 is 11.1. The van der Waals surface area contributed by atoms with Crippen LogP contribution in [0.1, 0.15) is 12.8 Å². The smallest absolute Gasteiger partial charge is 0.263 e. The summed E-state index contributed by atoms with van der Waals surface area (Å²) in [5.74, 6) is 2.07. The number of piperidine rings is 1. The van der Waals surface area contributed by atoms with Crippen molar-refractivity contribution in [1.29, 1.82) is 0 Å². The van der Waals surface area contributed by atoms with Gasteiger partial charge >= 0.3 is 0 Å². The van der Waals surface area contributed by atoms with Gasteiger partial charge in [-0.3, -0.25) is 4.79 Å². The Kier molecular flexibility index (Phi) is 6.52. The lowest BCUT2D eigenvalue weighted by atomic mass is 9.97. The predicted octanol–water partition coefficient (Wildman–Crippen LogP) is 4.79. The largest absolute Gasteiger partial charge is 0.495 e. The number of benzene rings is 2. The SMILES string of the molecule is COc1ccc(NC(=O)[C@H]2CCCN(c3nccnc3Oc3ccccc3)C2)cc1Cl. The number of nitrogens with zero attached hydrogens (tertiary/aromatic N) is 3. The highest BCUT2D eigenvalue weighted by Gasteiger charge is 2.28. The average Bonchev–Trinajstić information content (AvgIpc) is 2.80. The highest BCUT2D eigenvalue weighted by atomic mass is 35.5. The summed E-state index contributed by atoms with van der Waals surface area (Å²) >= 11 is 6.17. The van der Waals surface area contributed by atoms with E-state index in [-0.39, 0.29) is 11.8 Å². The van der Waals surface area contributed by atoms with Gasteiger partial charge in [0.15, 0.2) is 5.82 Å². The minimum Gasteiger partial charge on any atom is -0.495 e. The third kappa shape index (κ3) is 5.06. The van der Waals surface area contributed by atoms with E-state index in [0.29, 0.717) is 40.5 Å². The molecule has 1 atom stereocenters. The van der Waals surface area contributed by atoms with Gasteiger partial charge in [0, 0.05) is 31.2 Å². The molecular weight excluding hydrogens is 416 g/mol. The molecule has 0 spiro atoms. The minimum absolute atomic E-state index is 0.0552. The van der Waals surface area contributed by atoms with E-state index in [1.165, 1.54) is 0 Å². The number of hydrogen-bond acceptors (Lipinski definition) is 6. The molecule has 7 nitrogen and oxygen atoms in total. The van der Waals surface area contributed by atoms with Gasteiger partial charge in [-0.25, -0.2) is 9.97 Å². The number of carbonyl (C=O) groups is 1. The van der Waals surface area contributed by atoms with Gasteiger partial charge in [-0.15, -0.1) is 0 Å². The maximum Gasteiger partial charge on any atom is 0.263 e. The van der Waals surface area contributed by atoms with Crippen LogP contribution in [0.5, 0.6) is 17.4 Å². The fourth-order valence-electron chi connectivity index (χ4n) is 3.58. The van der Waals surface area contributed by atoms with Gasteiger partial charge in [0.25, 0.3) is 5.88 Å². The second-order valence-corrected chi connectivity index (χ2v) is 7.63. The number of rotatable bonds is 6. The first-order valence-corrected chi connectivity index (χ1v) is 10.4. The zero-order valence-electron chi connectivity index (χ0n) is 17.1. The van der Waals surface area contributed by atoms with Gasteiger partial charge in [-0.05, 0) is 43.2 Å². The van der Waals surface area contributed by atoms with Crippen LogP contribution in [0.15, 0.2) is 60.9 Å². The van der Waals surface area contributed by atoms with Crippen LogP contribution in [0.25, 0.3) is 0 Å². The molecule has 4 rings (SSSR count). The molecule has 0 bridgehead atoms. The van der Waals surface area contributed by atoms with Gasteiger partial charge in [0.05, 0.1) is 18.1 Å². The summed E-state index contributed by atoms with van der Waals surface area (Å²) in [6, 6.07) is 14.7. The van der Waals surface area contributed by atoms with E-state index < -0.39 is 0 Å². The van der Waals surface area contributed by atoms with Crippen molar-refractivity contribution in [2.45, 2.75) is 12.8 Å². The Morgan fingerprint density at radius 1 is 1.16 bits per heavy atom. The van der Waals surface area contributed by atoms with E-state index in [4.69, 9.17) is 21.1 Å². The molecule has 0 radical (unpaired) electrons. The molecular formula is C23H23ClN4O3. The van der Waals surface area contributed by atoms with E-state index in [2.05, 4.69) is 20.2 Å². The third-order valence-electron chi connectivity index (χ3n) is 5.12. The molecule has 8 heteroatoms. The van der Waals surface area contributed by atoms with Crippen LogP contribution in [0.4, 0.5) is 11.5 Å². The van der Waals surface area contributed by atoms with E-state index in [0.717, 1.165) is 19.4 Å². The maximum absolute atomic E-state index is 12.9. The maximum atomic E-state index is 12.9. The second kappa shape index (κ2) is 9.66. The predicted molar refractivity (Wildman–Crippen MR) is 120 cm³/mol. The van der Waals surface area contributed by atoms with Gasteiger partial charge in [0.2, 0.25) is 5.91 Å². The second-order valence-electron chi connectivity index (χ2n) is 7.22. The van der Waals surface area contributed by atoms with Gasteiger partial charge < -0.3 is 19.7 Å². The first-order valence-electron chi connectivity index (χ1n) is 10.1. The molecule has 0 unspecified atom stereocenters. The topological polar surface area (TPSA) is 76.6 Å². The van der Waals surface area contributed by atoms with Gasteiger partial charge in [0.1, 0.15) is 11.5 Å². The molecule has 1 aliphatic rings. The number of para-hydroxylation sites is 1. The van der Waals surface area contributed by atoms with E-state index in [1.54, 1.807) is 37.7 Å². The summed E-state index contributed by atoms with van der Waals surface area (Å²) in [4.78, 5) is 23.8. The summed E-state index contributed by atoms with van der Waals surface area (Å²) in [7, 11) is 1.55. The summed E-state index contributed by atoms with van der Waals surface area (Å²) in [5, 5.41) is 3.41. The number of amides is 1. The van der Waals surface area contributed by atoms with Crippen LogP contribution >= 0.6 is 11.6 Å². The standard InChI is InChI=1S/C23H23ClN4O3/c1-30-20-10-9-17(14-19(20)24)27-22(29)16-6-5-13-28(15-16)21-23(26-12-11-25-21)31-18-7-3-2-4-8-18/h2-4,7-12,14,16H,5-6,13,15H2,1H3,(H,27,29)/t16-/m0/s1. The van der Waals surface area contributed by atoms with Crippen LogP contribution in [0.3, 0.4) is 0 Å². The highest BCUT2D eigenvalue weighted by molar-refractivity contribution is 6.32. The number of carbonyl (C=O) groups excluding carboxylic acids is 1. The van der Waals surface area contributed by atoms with E-state index in [9.17, 15) is 4.79 Å².